The van der Waals surface area contributed by atoms with Crippen LogP contribution in [0, 0.1) is 5.82 Å². The molecule has 48 heavy (non-hydrogen) atoms. The van der Waals surface area contributed by atoms with Crippen LogP contribution in [-0.4, -0.2) is 71.6 Å². The van der Waals surface area contributed by atoms with E-state index in [1.54, 1.807) is 27.8 Å². The van der Waals surface area contributed by atoms with Gasteiger partial charge in [-0.25, -0.2) is 18.5 Å². The predicted molar refractivity (Wildman–Crippen MR) is 176 cm³/mol. The number of fused-ring (bicyclic) bond motifs is 1. The lowest BCUT2D eigenvalue weighted by molar-refractivity contribution is 0.0465. The number of carbonyl (C=O) groups is 1. The van der Waals surface area contributed by atoms with Crippen molar-refractivity contribution in [2.24, 2.45) is 0 Å². The number of rotatable bonds is 9. The number of anilines is 1. The lowest BCUT2D eigenvalue weighted by Crippen LogP contribution is -2.46. The van der Waals surface area contributed by atoms with Gasteiger partial charge in [0, 0.05) is 50.3 Å². The first kappa shape index (κ1) is 29.7. The quantitative estimate of drug-likeness (QED) is 0.212. The highest BCUT2D eigenvalue weighted by molar-refractivity contribution is 5.94. The average molecular weight is 646 g/mol. The van der Waals surface area contributed by atoms with Gasteiger partial charge in [0.2, 0.25) is 5.43 Å². The number of para-hydroxylation sites is 2. The van der Waals surface area contributed by atoms with Crippen LogP contribution in [0.2, 0.25) is 0 Å². The molecule has 1 saturated heterocycles. The van der Waals surface area contributed by atoms with Crippen LogP contribution in [-0.2, 0) is 17.9 Å². The fraction of sp³-hybridized carbons (Fsp3) is 0.257. The second kappa shape index (κ2) is 12.5. The van der Waals surface area contributed by atoms with Crippen molar-refractivity contribution >= 4 is 22.6 Å². The maximum atomic E-state index is 15.7. The summed E-state index contributed by atoms with van der Waals surface area (Å²) in [6.07, 6.45) is 6.99. The van der Waals surface area contributed by atoms with E-state index in [2.05, 4.69) is 25.5 Å². The number of aromatic nitrogens is 7. The first-order chi connectivity index (χ1) is 23.5. The number of halogens is 1. The molecule has 4 heterocycles. The second-order valence-electron chi connectivity index (χ2n) is 12.2. The smallest absolute Gasteiger partial charge is 0.344 e. The van der Waals surface area contributed by atoms with Crippen LogP contribution in [0.5, 0.6) is 0 Å². The molecule has 0 amide bonds. The summed E-state index contributed by atoms with van der Waals surface area (Å²) < 4.78 is 26.5. The van der Waals surface area contributed by atoms with Crippen LogP contribution in [0.4, 0.5) is 10.1 Å². The van der Waals surface area contributed by atoms with Crippen molar-refractivity contribution in [1.82, 2.24) is 39.5 Å². The normalized spacial score (nSPS) is 15.2. The molecule has 3 aromatic carbocycles. The van der Waals surface area contributed by atoms with E-state index in [4.69, 9.17) is 4.74 Å². The highest BCUT2D eigenvalue weighted by Crippen LogP contribution is 2.38. The molecule has 6 aromatic rings. The van der Waals surface area contributed by atoms with Gasteiger partial charge in [0.25, 0.3) is 0 Å². The number of pyridine rings is 1. The summed E-state index contributed by atoms with van der Waals surface area (Å²) in [5, 5.41) is 16.9. The van der Waals surface area contributed by atoms with Crippen LogP contribution in [0.1, 0.15) is 40.6 Å². The zero-order valence-corrected chi connectivity index (χ0v) is 26.0. The molecule has 13 heteroatoms. The first-order valence-corrected chi connectivity index (χ1v) is 16.0. The van der Waals surface area contributed by atoms with E-state index in [0.29, 0.717) is 36.5 Å². The van der Waals surface area contributed by atoms with Crippen molar-refractivity contribution in [2.75, 3.05) is 31.1 Å². The minimum atomic E-state index is -0.782. The van der Waals surface area contributed by atoms with Gasteiger partial charge < -0.3 is 14.2 Å². The molecule has 1 saturated carbocycles. The van der Waals surface area contributed by atoms with Crippen molar-refractivity contribution in [3.8, 4) is 11.4 Å². The molecule has 0 unspecified atom stereocenters. The molecule has 0 atom stereocenters. The Bertz CT molecular complexity index is 2150. The number of benzene rings is 3. The van der Waals surface area contributed by atoms with Crippen molar-refractivity contribution in [3.63, 3.8) is 0 Å². The fourth-order valence-corrected chi connectivity index (χ4v) is 6.14. The summed E-state index contributed by atoms with van der Waals surface area (Å²) >= 11 is 0. The minimum Gasteiger partial charge on any atom is -0.455 e. The van der Waals surface area contributed by atoms with Crippen LogP contribution in [0.3, 0.4) is 0 Å². The van der Waals surface area contributed by atoms with Gasteiger partial charge >= 0.3 is 5.97 Å². The number of hydrogen-bond acceptors (Lipinski definition) is 9. The zero-order valence-electron chi connectivity index (χ0n) is 26.0. The topological polar surface area (TPSA) is 116 Å². The third-order valence-corrected chi connectivity index (χ3v) is 8.83. The number of hydrogen-bond donors (Lipinski definition) is 0. The molecule has 0 radical (unpaired) electrons. The second-order valence-corrected chi connectivity index (χ2v) is 12.2. The Hall–Kier alpha value is -5.69. The van der Waals surface area contributed by atoms with Gasteiger partial charge in [0.15, 0.2) is 0 Å². The van der Waals surface area contributed by atoms with E-state index in [-0.39, 0.29) is 23.6 Å². The van der Waals surface area contributed by atoms with Crippen molar-refractivity contribution in [1.29, 1.82) is 0 Å². The first-order valence-electron chi connectivity index (χ1n) is 16.0. The SMILES string of the molecule is O=C(OCc1cn(-c2ccccc2)nn1)c1cn(C2CC2)c2cc(N3CCN(Cc4cn(-c5ccccc5)nn4)CC3)c(F)cc2c1=O. The lowest BCUT2D eigenvalue weighted by Gasteiger charge is -2.36. The van der Waals surface area contributed by atoms with Crippen LogP contribution in [0.25, 0.3) is 22.3 Å². The molecule has 2 fully saturated rings. The lowest BCUT2D eigenvalue weighted by atomic mass is 10.1. The summed E-state index contributed by atoms with van der Waals surface area (Å²) in [6, 6.07) is 22.4. The summed E-state index contributed by atoms with van der Waals surface area (Å²) in [7, 11) is 0. The minimum absolute atomic E-state index is 0.130. The maximum absolute atomic E-state index is 15.7. The molecule has 1 aliphatic heterocycles. The van der Waals surface area contributed by atoms with Gasteiger partial charge in [0.1, 0.15) is 23.7 Å². The average Bonchev–Trinajstić information content (AvgIpc) is 3.66. The Balaban J connectivity index is 0.972. The van der Waals surface area contributed by atoms with E-state index >= 15 is 4.39 Å². The van der Waals surface area contributed by atoms with Crippen LogP contribution in [0.15, 0.2) is 96.2 Å². The van der Waals surface area contributed by atoms with Gasteiger partial charge in [-0.1, -0.05) is 46.8 Å². The maximum Gasteiger partial charge on any atom is 0.344 e. The predicted octanol–water partition coefficient (Wildman–Crippen LogP) is 4.32. The summed E-state index contributed by atoms with van der Waals surface area (Å²) in [6.45, 7) is 3.15. The van der Waals surface area contributed by atoms with Gasteiger partial charge in [-0.3, -0.25) is 9.69 Å². The molecule has 0 bridgehead atoms. The molecular formula is C35H32FN9O3. The summed E-state index contributed by atoms with van der Waals surface area (Å²) in [4.78, 5) is 31.0. The number of piperazine rings is 1. The van der Waals surface area contributed by atoms with Gasteiger partial charge in [-0.05, 0) is 49.2 Å². The standard InChI is InChI=1S/C35H32FN9O3/c36-31-17-29-32(18-33(31)42-15-13-41(14-16-42)19-24-20-44(39-37-24)27-7-3-1-4-8-27)43(26-11-12-26)22-30(34(29)46)35(47)48-23-25-21-45(40-38-25)28-9-5-2-6-10-28/h1-10,17-18,20-22,26H,11-16,19,23H2. The number of ether oxygens (including phenoxy) is 1. The van der Waals surface area contributed by atoms with E-state index in [1.165, 1.54) is 6.07 Å². The van der Waals surface area contributed by atoms with Crippen LogP contribution >= 0.6 is 0 Å². The molecule has 1 aliphatic carbocycles. The number of esters is 1. The van der Waals surface area contributed by atoms with E-state index < -0.39 is 17.2 Å². The largest absolute Gasteiger partial charge is 0.455 e. The van der Waals surface area contributed by atoms with Gasteiger partial charge in [-0.15, -0.1) is 10.2 Å². The molecule has 0 spiro atoms. The third-order valence-electron chi connectivity index (χ3n) is 8.83. The fourth-order valence-electron chi connectivity index (χ4n) is 6.14. The van der Waals surface area contributed by atoms with Crippen molar-refractivity contribution in [2.45, 2.75) is 32.0 Å². The van der Waals surface area contributed by atoms with E-state index in [0.717, 1.165) is 43.0 Å². The number of carbonyl (C=O) groups excluding carboxylic acids is 1. The van der Waals surface area contributed by atoms with Crippen molar-refractivity contribution in [3.05, 3.63) is 124 Å². The molecule has 0 N–H and O–H groups in total. The summed E-state index contributed by atoms with van der Waals surface area (Å²) in [5.74, 6) is -1.28. The van der Waals surface area contributed by atoms with E-state index in [1.807, 2.05) is 76.3 Å². The highest BCUT2D eigenvalue weighted by Gasteiger charge is 2.29. The van der Waals surface area contributed by atoms with Gasteiger partial charge in [-0.2, -0.15) is 0 Å². The Morgan fingerprint density at radius 3 is 2.08 bits per heavy atom. The number of nitrogens with zero attached hydrogens (tertiary/aromatic N) is 9. The Labute approximate surface area is 274 Å². The Morgan fingerprint density at radius 2 is 1.44 bits per heavy atom. The summed E-state index contributed by atoms with van der Waals surface area (Å²) in [5.41, 5.74) is 3.44. The highest BCUT2D eigenvalue weighted by atomic mass is 19.1. The van der Waals surface area contributed by atoms with E-state index in [9.17, 15) is 9.59 Å². The Kier molecular flexibility index (Phi) is 7.73. The molecular weight excluding hydrogens is 613 g/mol. The molecule has 8 rings (SSSR count). The van der Waals surface area contributed by atoms with Crippen LogP contribution < -0.4 is 10.3 Å². The molecule has 3 aromatic heterocycles. The van der Waals surface area contributed by atoms with Gasteiger partial charge in [0.05, 0.1) is 40.7 Å². The Morgan fingerprint density at radius 1 is 0.812 bits per heavy atom. The molecule has 242 valence electrons. The molecule has 12 nitrogen and oxygen atoms in total. The monoisotopic (exact) mass is 645 g/mol. The van der Waals surface area contributed by atoms with Crippen molar-refractivity contribution < 1.29 is 13.9 Å². The third kappa shape index (κ3) is 5.95. The molecule has 2 aliphatic rings. The zero-order chi connectivity index (χ0) is 32.6.